The first-order chi connectivity index (χ1) is 10.0. The van der Waals surface area contributed by atoms with Crippen molar-refractivity contribution in [3.63, 3.8) is 0 Å². The molecule has 0 fully saturated rings. The van der Waals surface area contributed by atoms with Crippen molar-refractivity contribution in [3.05, 3.63) is 69.2 Å². The lowest BCUT2D eigenvalue weighted by molar-refractivity contribution is 0.592. The van der Waals surface area contributed by atoms with E-state index in [1.807, 2.05) is 19.2 Å². The van der Waals surface area contributed by atoms with E-state index in [1.54, 1.807) is 6.07 Å². The number of halogens is 2. The van der Waals surface area contributed by atoms with Crippen molar-refractivity contribution < 1.29 is 0 Å². The van der Waals surface area contributed by atoms with Gasteiger partial charge in [-0.1, -0.05) is 67.4 Å². The number of benzene rings is 2. The Morgan fingerprint density at radius 2 is 1.67 bits per heavy atom. The van der Waals surface area contributed by atoms with E-state index in [0.717, 1.165) is 12.0 Å². The predicted octanol–water partition coefficient (Wildman–Crippen LogP) is 5.62. The highest BCUT2D eigenvalue weighted by Crippen LogP contribution is 2.28. The number of likely N-dealkylation sites (N-methyl/N-ethyl adjacent to an activating group) is 1. The molecule has 0 aliphatic carbocycles. The van der Waals surface area contributed by atoms with Crippen LogP contribution < -0.4 is 5.32 Å². The predicted molar refractivity (Wildman–Crippen MR) is 92.5 cm³/mol. The lowest BCUT2D eigenvalue weighted by Gasteiger charge is -2.19. The molecule has 0 bridgehead atoms. The van der Waals surface area contributed by atoms with Crippen LogP contribution in [0.3, 0.4) is 0 Å². The summed E-state index contributed by atoms with van der Waals surface area (Å²) in [5, 5.41) is 4.71. The van der Waals surface area contributed by atoms with Gasteiger partial charge in [0, 0.05) is 16.1 Å². The van der Waals surface area contributed by atoms with Gasteiger partial charge in [-0.05, 0) is 48.2 Å². The zero-order valence-corrected chi connectivity index (χ0v) is 14.2. The van der Waals surface area contributed by atoms with Gasteiger partial charge in [0.2, 0.25) is 0 Å². The Kier molecular flexibility index (Phi) is 5.69. The third-order valence-corrected chi connectivity index (χ3v) is 4.34. The number of nitrogens with one attached hydrogen (secondary N) is 1. The van der Waals surface area contributed by atoms with Crippen LogP contribution in [0, 0.1) is 0 Å². The maximum absolute atomic E-state index is 6.31. The zero-order valence-electron chi connectivity index (χ0n) is 12.7. The molecule has 1 N–H and O–H groups in total. The molecule has 1 unspecified atom stereocenters. The van der Waals surface area contributed by atoms with Crippen molar-refractivity contribution in [2.24, 2.45) is 0 Å². The van der Waals surface area contributed by atoms with Crippen molar-refractivity contribution in [1.82, 2.24) is 5.32 Å². The van der Waals surface area contributed by atoms with Crippen LogP contribution in [0.25, 0.3) is 0 Å². The summed E-state index contributed by atoms with van der Waals surface area (Å²) < 4.78 is 0. The number of hydrogen-bond acceptors (Lipinski definition) is 1. The van der Waals surface area contributed by atoms with Crippen LogP contribution in [-0.4, -0.2) is 7.05 Å². The Labute approximate surface area is 137 Å². The topological polar surface area (TPSA) is 12.0 Å². The van der Waals surface area contributed by atoms with E-state index in [4.69, 9.17) is 23.2 Å². The Morgan fingerprint density at radius 3 is 2.19 bits per heavy atom. The summed E-state index contributed by atoms with van der Waals surface area (Å²) in [6.07, 6.45) is 0.899. The van der Waals surface area contributed by atoms with Gasteiger partial charge in [0.25, 0.3) is 0 Å². The summed E-state index contributed by atoms with van der Waals surface area (Å²) in [7, 11) is 1.96. The Bertz CT molecular complexity index is 591. The van der Waals surface area contributed by atoms with Crippen LogP contribution >= 0.6 is 23.2 Å². The highest BCUT2D eigenvalue weighted by atomic mass is 35.5. The van der Waals surface area contributed by atoms with E-state index < -0.39 is 0 Å². The van der Waals surface area contributed by atoms with Gasteiger partial charge >= 0.3 is 0 Å². The normalized spacial score (nSPS) is 12.7. The molecule has 0 amide bonds. The summed E-state index contributed by atoms with van der Waals surface area (Å²) in [6, 6.07) is 14.7. The van der Waals surface area contributed by atoms with Crippen molar-refractivity contribution in [1.29, 1.82) is 0 Å². The zero-order chi connectivity index (χ0) is 15.4. The molecule has 1 nitrogen and oxygen atoms in total. The second-order valence-electron chi connectivity index (χ2n) is 5.61. The quantitative estimate of drug-likeness (QED) is 0.753. The summed E-state index contributed by atoms with van der Waals surface area (Å²) in [5.41, 5.74) is 3.74. The molecule has 0 aromatic heterocycles. The molecule has 0 saturated heterocycles. The van der Waals surface area contributed by atoms with Gasteiger partial charge in [0.05, 0.1) is 0 Å². The van der Waals surface area contributed by atoms with Crippen LogP contribution in [0.2, 0.25) is 10.0 Å². The molecule has 2 rings (SSSR count). The van der Waals surface area contributed by atoms with Crippen LogP contribution in [0.15, 0.2) is 42.5 Å². The van der Waals surface area contributed by atoms with Gasteiger partial charge in [-0.25, -0.2) is 0 Å². The first-order valence-corrected chi connectivity index (χ1v) is 7.98. The minimum atomic E-state index is 0.180. The summed E-state index contributed by atoms with van der Waals surface area (Å²) in [5.74, 6) is 0.560. The van der Waals surface area contributed by atoms with Crippen LogP contribution in [0.1, 0.15) is 42.5 Å². The molecule has 112 valence electrons. The van der Waals surface area contributed by atoms with Crippen molar-refractivity contribution in [3.8, 4) is 0 Å². The van der Waals surface area contributed by atoms with E-state index in [1.165, 1.54) is 11.1 Å². The Hall–Kier alpha value is -1.02. The fraction of sp³-hybridized carbons (Fsp3) is 0.333. The average Bonchev–Trinajstić information content (AvgIpc) is 2.46. The summed E-state index contributed by atoms with van der Waals surface area (Å²) >= 11 is 12.3. The van der Waals surface area contributed by atoms with E-state index in [0.29, 0.717) is 16.0 Å². The summed E-state index contributed by atoms with van der Waals surface area (Å²) in [4.78, 5) is 0. The van der Waals surface area contributed by atoms with Gasteiger partial charge in [-0.2, -0.15) is 0 Å². The molecule has 0 spiro atoms. The first-order valence-electron chi connectivity index (χ1n) is 7.22. The van der Waals surface area contributed by atoms with Crippen LogP contribution in [0.4, 0.5) is 0 Å². The third-order valence-electron chi connectivity index (χ3n) is 3.77. The molecule has 0 aliphatic rings. The Balaban J connectivity index is 2.18. The van der Waals surface area contributed by atoms with Crippen LogP contribution in [0.5, 0.6) is 0 Å². The SMILES string of the molecule is CNC(Cc1ccc(C(C)C)cc1)c1ccc(Cl)cc1Cl. The van der Waals surface area contributed by atoms with Gasteiger partial charge in [0.15, 0.2) is 0 Å². The number of rotatable bonds is 5. The average molecular weight is 322 g/mol. The molecule has 0 radical (unpaired) electrons. The van der Waals surface area contributed by atoms with Crippen molar-refractivity contribution in [2.45, 2.75) is 32.2 Å². The van der Waals surface area contributed by atoms with Crippen molar-refractivity contribution in [2.75, 3.05) is 7.05 Å². The molecule has 3 heteroatoms. The largest absolute Gasteiger partial charge is 0.313 e. The third kappa shape index (κ3) is 4.23. The van der Waals surface area contributed by atoms with Gasteiger partial charge in [-0.3, -0.25) is 0 Å². The van der Waals surface area contributed by atoms with Gasteiger partial charge in [-0.15, -0.1) is 0 Å². The van der Waals surface area contributed by atoms with Crippen molar-refractivity contribution >= 4 is 23.2 Å². The molecule has 2 aromatic carbocycles. The lowest BCUT2D eigenvalue weighted by atomic mass is 9.96. The van der Waals surface area contributed by atoms with E-state index in [-0.39, 0.29) is 6.04 Å². The minimum absolute atomic E-state index is 0.180. The van der Waals surface area contributed by atoms with E-state index in [2.05, 4.69) is 43.4 Å². The monoisotopic (exact) mass is 321 g/mol. The molecular formula is C18H21Cl2N. The Morgan fingerprint density at radius 1 is 1.00 bits per heavy atom. The molecule has 2 aromatic rings. The summed E-state index contributed by atoms with van der Waals surface area (Å²) in [6.45, 7) is 4.41. The van der Waals surface area contributed by atoms with E-state index in [9.17, 15) is 0 Å². The van der Waals surface area contributed by atoms with E-state index >= 15 is 0 Å². The smallest absolute Gasteiger partial charge is 0.0468 e. The van der Waals surface area contributed by atoms with Gasteiger partial charge in [0.1, 0.15) is 0 Å². The second-order valence-corrected chi connectivity index (χ2v) is 6.45. The minimum Gasteiger partial charge on any atom is -0.313 e. The maximum atomic E-state index is 6.31. The lowest BCUT2D eigenvalue weighted by Crippen LogP contribution is -2.19. The first kappa shape index (κ1) is 16.4. The maximum Gasteiger partial charge on any atom is 0.0468 e. The second kappa shape index (κ2) is 7.31. The molecule has 0 heterocycles. The highest BCUT2D eigenvalue weighted by molar-refractivity contribution is 6.35. The van der Waals surface area contributed by atoms with Crippen LogP contribution in [-0.2, 0) is 6.42 Å². The fourth-order valence-electron chi connectivity index (χ4n) is 2.43. The van der Waals surface area contributed by atoms with Gasteiger partial charge < -0.3 is 5.32 Å². The highest BCUT2D eigenvalue weighted by Gasteiger charge is 2.14. The molecular weight excluding hydrogens is 301 g/mol. The molecule has 1 atom stereocenters. The molecule has 0 aliphatic heterocycles. The number of hydrogen-bond donors (Lipinski definition) is 1. The molecule has 0 saturated carbocycles. The molecule has 21 heavy (non-hydrogen) atoms. The fourth-order valence-corrected chi connectivity index (χ4v) is 2.97. The standard InChI is InChI=1S/C18H21Cl2N/c1-12(2)14-6-4-13(5-7-14)10-18(21-3)16-9-8-15(19)11-17(16)20/h4-9,11-12,18,21H,10H2,1-3H3.